The van der Waals surface area contributed by atoms with E-state index in [-0.39, 0.29) is 6.54 Å². The van der Waals surface area contributed by atoms with Crippen LogP contribution in [0.2, 0.25) is 0 Å². The molecule has 2 saturated heterocycles. The number of carbonyl (C=O) groups is 3. The number of hydrogen-bond acceptors (Lipinski definition) is 7. The quantitative estimate of drug-likeness (QED) is 0.578. The van der Waals surface area contributed by atoms with E-state index in [2.05, 4.69) is 20.6 Å². The average molecular weight is 362 g/mol. The van der Waals surface area contributed by atoms with Gasteiger partial charge in [-0.3, -0.25) is 19.5 Å². The zero-order chi connectivity index (χ0) is 18.9. The summed E-state index contributed by atoms with van der Waals surface area (Å²) in [5, 5.41) is 15.6. The number of aliphatic hydroxyl groups excluding tert-OH is 1. The van der Waals surface area contributed by atoms with Crippen LogP contribution in [0, 0.1) is 0 Å². The van der Waals surface area contributed by atoms with Crippen molar-refractivity contribution >= 4 is 23.7 Å². The molecule has 10 nitrogen and oxygen atoms in total. The number of piperidine rings is 1. The number of nitrogens with zero attached hydrogens (tertiary/aromatic N) is 4. The summed E-state index contributed by atoms with van der Waals surface area (Å²) in [4.78, 5) is 47.2. The second-order valence-corrected chi connectivity index (χ2v) is 6.99. The van der Waals surface area contributed by atoms with E-state index in [9.17, 15) is 19.5 Å². The molecule has 10 heteroatoms. The average Bonchev–Trinajstić information content (AvgIpc) is 2.79. The molecule has 0 unspecified atom stereocenters. The van der Waals surface area contributed by atoms with Crippen LogP contribution in [-0.4, -0.2) is 75.1 Å². The molecule has 0 aromatic carbocycles. The van der Waals surface area contributed by atoms with Gasteiger partial charge >= 0.3 is 6.03 Å². The normalized spacial score (nSPS) is 25.2. The molecule has 1 aromatic rings. The minimum atomic E-state index is -1.01. The van der Waals surface area contributed by atoms with Crippen LogP contribution in [0.1, 0.15) is 20.3 Å². The van der Waals surface area contributed by atoms with Gasteiger partial charge < -0.3 is 20.6 Å². The van der Waals surface area contributed by atoms with Crippen molar-refractivity contribution in [1.29, 1.82) is 0 Å². The van der Waals surface area contributed by atoms with E-state index in [1.807, 2.05) is 4.90 Å². The smallest absolute Gasteiger partial charge is 0.325 e. The molecule has 3 N–H and O–H groups in total. The predicted octanol–water partition coefficient (Wildman–Crippen LogP) is -1.14. The third-order valence-electron chi connectivity index (χ3n) is 4.55. The number of carbonyl (C=O) groups excluding carboxylic acids is 3. The van der Waals surface area contributed by atoms with E-state index in [0.29, 0.717) is 25.3 Å². The van der Waals surface area contributed by atoms with Crippen molar-refractivity contribution in [2.75, 3.05) is 24.5 Å². The van der Waals surface area contributed by atoms with E-state index < -0.39 is 35.5 Å². The van der Waals surface area contributed by atoms with Crippen LogP contribution in [0.4, 0.5) is 10.6 Å². The van der Waals surface area contributed by atoms with Crippen molar-refractivity contribution in [3.05, 3.63) is 18.6 Å². The van der Waals surface area contributed by atoms with Gasteiger partial charge in [0.2, 0.25) is 5.91 Å². The molecule has 0 aliphatic carbocycles. The Labute approximate surface area is 150 Å². The lowest BCUT2D eigenvalue weighted by Crippen LogP contribution is -2.56. The second kappa shape index (κ2) is 6.87. The first-order chi connectivity index (χ1) is 12.3. The summed E-state index contributed by atoms with van der Waals surface area (Å²) in [6, 6.07) is -1.04. The highest BCUT2D eigenvalue weighted by Gasteiger charge is 2.45. The third kappa shape index (κ3) is 3.59. The molecule has 26 heavy (non-hydrogen) atoms. The Morgan fingerprint density at radius 3 is 2.77 bits per heavy atom. The molecule has 0 radical (unpaired) electrons. The Kier molecular flexibility index (Phi) is 4.77. The fourth-order valence-electron chi connectivity index (χ4n) is 3.12. The Morgan fingerprint density at radius 1 is 1.42 bits per heavy atom. The molecule has 0 bridgehead atoms. The van der Waals surface area contributed by atoms with Crippen LogP contribution in [0.15, 0.2) is 18.6 Å². The number of nitrogens with one attached hydrogen (secondary N) is 2. The van der Waals surface area contributed by atoms with Gasteiger partial charge in [-0.15, -0.1) is 0 Å². The molecule has 2 aliphatic heterocycles. The van der Waals surface area contributed by atoms with Gasteiger partial charge in [-0.1, -0.05) is 0 Å². The van der Waals surface area contributed by atoms with E-state index >= 15 is 0 Å². The van der Waals surface area contributed by atoms with Gasteiger partial charge in [-0.25, -0.2) is 9.78 Å². The topological polar surface area (TPSA) is 128 Å². The van der Waals surface area contributed by atoms with Crippen molar-refractivity contribution in [2.24, 2.45) is 0 Å². The summed E-state index contributed by atoms with van der Waals surface area (Å²) in [6.07, 6.45) is 4.48. The monoisotopic (exact) mass is 362 g/mol. The summed E-state index contributed by atoms with van der Waals surface area (Å²) in [6.45, 7) is 3.69. The standard InChI is InChI=1S/C16H22N6O4/c1-16(2)14(25)22(15(26)20-16)9-13(24)19-10-3-6-21(8-11(10)23)12-7-17-4-5-18-12/h4-5,7,10-11,23H,3,6,8-9H2,1-2H3,(H,19,24)(H,20,26)/t10-,11-/m1/s1. The third-order valence-corrected chi connectivity index (χ3v) is 4.55. The van der Waals surface area contributed by atoms with Crippen LogP contribution < -0.4 is 15.5 Å². The van der Waals surface area contributed by atoms with Crippen LogP contribution in [0.5, 0.6) is 0 Å². The zero-order valence-electron chi connectivity index (χ0n) is 14.7. The predicted molar refractivity (Wildman–Crippen MR) is 91.1 cm³/mol. The van der Waals surface area contributed by atoms with Gasteiger partial charge in [0, 0.05) is 25.5 Å². The highest BCUT2D eigenvalue weighted by atomic mass is 16.3. The van der Waals surface area contributed by atoms with E-state index in [4.69, 9.17) is 0 Å². The molecular formula is C16H22N6O4. The Hall–Kier alpha value is -2.75. The van der Waals surface area contributed by atoms with Crippen LogP contribution in [0.25, 0.3) is 0 Å². The van der Waals surface area contributed by atoms with Gasteiger partial charge in [-0.2, -0.15) is 0 Å². The number of amides is 4. The number of urea groups is 1. The summed E-state index contributed by atoms with van der Waals surface area (Å²) >= 11 is 0. The number of imide groups is 1. The van der Waals surface area contributed by atoms with Gasteiger partial charge in [-0.05, 0) is 20.3 Å². The minimum Gasteiger partial charge on any atom is -0.389 e. The van der Waals surface area contributed by atoms with E-state index in [1.54, 1.807) is 32.4 Å². The van der Waals surface area contributed by atoms with Crippen molar-refractivity contribution in [2.45, 2.75) is 38.0 Å². The molecule has 140 valence electrons. The summed E-state index contributed by atoms with van der Waals surface area (Å²) in [7, 11) is 0. The molecule has 3 rings (SSSR count). The number of aliphatic hydroxyl groups is 1. The lowest BCUT2D eigenvalue weighted by Gasteiger charge is -2.36. The number of β-amino-alcohol motifs (C(OH)–C–C–N with tert-alkyl or cyclic N) is 1. The molecule has 1 aromatic heterocycles. The van der Waals surface area contributed by atoms with Crippen LogP contribution in [0.3, 0.4) is 0 Å². The van der Waals surface area contributed by atoms with Gasteiger partial charge in [0.15, 0.2) is 0 Å². The van der Waals surface area contributed by atoms with Gasteiger partial charge in [0.1, 0.15) is 17.9 Å². The van der Waals surface area contributed by atoms with Gasteiger partial charge in [0.25, 0.3) is 5.91 Å². The highest BCUT2D eigenvalue weighted by molar-refractivity contribution is 6.08. The number of rotatable bonds is 4. The number of aromatic nitrogens is 2. The highest BCUT2D eigenvalue weighted by Crippen LogP contribution is 2.18. The van der Waals surface area contributed by atoms with Crippen LogP contribution in [-0.2, 0) is 9.59 Å². The van der Waals surface area contributed by atoms with E-state index in [1.165, 1.54) is 0 Å². The molecule has 0 saturated carbocycles. The van der Waals surface area contributed by atoms with Gasteiger partial charge in [0.05, 0.1) is 18.3 Å². The lowest BCUT2D eigenvalue weighted by molar-refractivity contribution is -0.134. The number of hydrogen-bond donors (Lipinski definition) is 3. The molecule has 2 fully saturated rings. The summed E-state index contributed by atoms with van der Waals surface area (Å²) < 4.78 is 0. The Bertz CT molecular complexity index is 710. The lowest BCUT2D eigenvalue weighted by atomic mass is 10.0. The Balaban J connectivity index is 1.54. The molecule has 2 aliphatic rings. The van der Waals surface area contributed by atoms with E-state index in [0.717, 1.165) is 4.90 Å². The van der Waals surface area contributed by atoms with Crippen molar-refractivity contribution in [3.8, 4) is 0 Å². The Morgan fingerprint density at radius 2 is 2.19 bits per heavy atom. The maximum absolute atomic E-state index is 12.2. The molecule has 0 spiro atoms. The minimum absolute atomic E-state index is 0.305. The SMILES string of the molecule is CC1(C)NC(=O)N(CC(=O)N[C@@H]2CCN(c3cnccn3)C[C@H]2O)C1=O. The molecular weight excluding hydrogens is 340 g/mol. The zero-order valence-corrected chi connectivity index (χ0v) is 14.7. The number of anilines is 1. The molecule has 4 amide bonds. The first kappa shape index (κ1) is 18.1. The van der Waals surface area contributed by atoms with Crippen LogP contribution >= 0.6 is 0 Å². The second-order valence-electron chi connectivity index (χ2n) is 6.99. The van der Waals surface area contributed by atoms with Crippen molar-refractivity contribution in [3.63, 3.8) is 0 Å². The molecule has 2 atom stereocenters. The fourth-order valence-corrected chi connectivity index (χ4v) is 3.12. The maximum Gasteiger partial charge on any atom is 0.325 e. The summed E-state index contributed by atoms with van der Waals surface area (Å²) in [5.74, 6) is -0.267. The fraction of sp³-hybridized carbons (Fsp3) is 0.562. The maximum atomic E-state index is 12.2. The first-order valence-electron chi connectivity index (χ1n) is 8.40. The molecule has 3 heterocycles. The largest absolute Gasteiger partial charge is 0.389 e. The summed E-state index contributed by atoms with van der Waals surface area (Å²) in [5.41, 5.74) is -1.01. The van der Waals surface area contributed by atoms with Crippen molar-refractivity contribution < 1.29 is 19.5 Å². The first-order valence-corrected chi connectivity index (χ1v) is 8.40. The van der Waals surface area contributed by atoms with Crippen molar-refractivity contribution in [1.82, 2.24) is 25.5 Å².